The molecule has 0 aromatic heterocycles. The molecule has 0 radical (unpaired) electrons. The van der Waals surface area contributed by atoms with E-state index in [2.05, 4.69) is 11.8 Å². The van der Waals surface area contributed by atoms with E-state index >= 15 is 0 Å². The predicted octanol–water partition coefficient (Wildman–Crippen LogP) is 1.60. The Balaban J connectivity index is 2.92. The summed E-state index contributed by atoms with van der Waals surface area (Å²) >= 11 is 0. The van der Waals surface area contributed by atoms with Gasteiger partial charge < -0.3 is 15.2 Å². The molecular formula is C13H17NO2. The zero-order valence-corrected chi connectivity index (χ0v) is 9.75. The van der Waals surface area contributed by atoms with Crippen LogP contribution in [0.2, 0.25) is 0 Å². The van der Waals surface area contributed by atoms with Crippen LogP contribution < -0.4 is 15.2 Å². The Bertz CT molecular complexity index is 391. The van der Waals surface area contributed by atoms with E-state index in [0.717, 1.165) is 23.5 Å². The van der Waals surface area contributed by atoms with Crippen LogP contribution in [0, 0.1) is 11.8 Å². The molecule has 0 unspecified atom stereocenters. The van der Waals surface area contributed by atoms with Crippen LogP contribution in [0.1, 0.15) is 12.5 Å². The minimum atomic E-state index is 0.369. The third-order valence-corrected chi connectivity index (χ3v) is 2.16. The second-order valence-corrected chi connectivity index (χ2v) is 3.20. The molecule has 0 saturated heterocycles. The lowest BCUT2D eigenvalue weighted by atomic mass is 10.1. The minimum Gasteiger partial charge on any atom is -0.493 e. The van der Waals surface area contributed by atoms with Crippen molar-refractivity contribution >= 4 is 0 Å². The first-order valence-electron chi connectivity index (χ1n) is 5.21. The molecule has 0 heterocycles. The molecule has 2 N–H and O–H groups in total. The number of hydrogen-bond acceptors (Lipinski definition) is 3. The zero-order chi connectivity index (χ0) is 11.8. The summed E-state index contributed by atoms with van der Waals surface area (Å²) in [6.07, 6.45) is 0.770. The highest BCUT2D eigenvalue weighted by Crippen LogP contribution is 2.31. The van der Waals surface area contributed by atoms with Crippen molar-refractivity contribution in [1.29, 1.82) is 0 Å². The Kier molecular flexibility index (Phi) is 5.24. The molecule has 3 heteroatoms. The molecule has 1 rings (SSSR count). The van der Waals surface area contributed by atoms with Crippen LogP contribution in [0.15, 0.2) is 18.2 Å². The molecular weight excluding hydrogens is 202 g/mol. The number of hydrogen-bond donors (Lipinski definition) is 1. The number of methoxy groups -OCH3 is 1. The van der Waals surface area contributed by atoms with Crippen LogP contribution in [-0.2, 0) is 6.42 Å². The first-order valence-corrected chi connectivity index (χ1v) is 5.21. The number of para-hydroxylation sites is 1. The highest BCUT2D eigenvalue weighted by Gasteiger charge is 2.09. The van der Waals surface area contributed by atoms with Gasteiger partial charge in [-0.2, -0.15) is 0 Å². The topological polar surface area (TPSA) is 44.5 Å². The largest absolute Gasteiger partial charge is 0.493 e. The maximum absolute atomic E-state index is 5.60. The van der Waals surface area contributed by atoms with Crippen molar-refractivity contribution in [1.82, 2.24) is 0 Å². The van der Waals surface area contributed by atoms with Gasteiger partial charge in [-0.15, -0.1) is 5.92 Å². The molecule has 1 aromatic carbocycles. The van der Waals surface area contributed by atoms with Gasteiger partial charge in [-0.1, -0.05) is 18.1 Å². The van der Waals surface area contributed by atoms with Crippen LogP contribution >= 0.6 is 0 Å². The molecule has 0 aliphatic heterocycles. The minimum absolute atomic E-state index is 0.369. The van der Waals surface area contributed by atoms with Gasteiger partial charge in [0.2, 0.25) is 0 Å². The van der Waals surface area contributed by atoms with Gasteiger partial charge in [0, 0.05) is 0 Å². The third kappa shape index (κ3) is 3.18. The van der Waals surface area contributed by atoms with Gasteiger partial charge in [-0.3, -0.25) is 0 Å². The fraction of sp³-hybridized carbons (Fsp3) is 0.385. The Morgan fingerprint density at radius 2 is 2.19 bits per heavy atom. The Labute approximate surface area is 96.6 Å². The molecule has 0 bridgehead atoms. The molecule has 16 heavy (non-hydrogen) atoms. The molecule has 0 saturated carbocycles. The van der Waals surface area contributed by atoms with Crippen molar-refractivity contribution < 1.29 is 9.47 Å². The molecule has 0 aliphatic rings. The molecule has 0 aliphatic carbocycles. The molecule has 86 valence electrons. The van der Waals surface area contributed by atoms with Gasteiger partial charge in [-0.05, 0) is 31.5 Å². The van der Waals surface area contributed by atoms with Crippen LogP contribution in [0.3, 0.4) is 0 Å². The summed E-state index contributed by atoms with van der Waals surface area (Å²) in [5, 5.41) is 0. The standard InChI is InChI=1S/C13H17NO2/c1-3-4-10-16-13-11(8-9-14)6-5-7-12(13)15-2/h5-7H,8-10,14H2,1-2H3. The molecule has 0 spiro atoms. The van der Waals surface area contributed by atoms with E-state index in [4.69, 9.17) is 15.2 Å². The van der Waals surface area contributed by atoms with Gasteiger partial charge in [-0.25, -0.2) is 0 Å². The van der Waals surface area contributed by atoms with Crippen molar-refractivity contribution in [3.63, 3.8) is 0 Å². The Morgan fingerprint density at radius 3 is 2.81 bits per heavy atom. The van der Waals surface area contributed by atoms with E-state index in [-0.39, 0.29) is 0 Å². The third-order valence-electron chi connectivity index (χ3n) is 2.16. The summed E-state index contributed by atoms with van der Waals surface area (Å²) < 4.78 is 10.8. The molecule has 3 nitrogen and oxygen atoms in total. The van der Waals surface area contributed by atoms with Crippen LogP contribution in [0.5, 0.6) is 11.5 Å². The fourth-order valence-corrected chi connectivity index (χ4v) is 1.42. The van der Waals surface area contributed by atoms with Crippen LogP contribution in [0.25, 0.3) is 0 Å². The van der Waals surface area contributed by atoms with Crippen molar-refractivity contribution in [2.24, 2.45) is 5.73 Å². The lowest BCUT2D eigenvalue weighted by molar-refractivity contribution is 0.327. The summed E-state index contributed by atoms with van der Waals surface area (Å²) in [6, 6.07) is 5.79. The van der Waals surface area contributed by atoms with E-state index in [1.54, 1.807) is 14.0 Å². The second kappa shape index (κ2) is 6.76. The van der Waals surface area contributed by atoms with Gasteiger partial charge in [0.1, 0.15) is 6.61 Å². The van der Waals surface area contributed by atoms with Crippen molar-refractivity contribution in [3.8, 4) is 23.3 Å². The molecule has 0 fully saturated rings. The van der Waals surface area contributed by atoms with Gasteiger partial charge in [0.15, 0.2) is 11.5 Å². The van der Waals surface area contributed by atoms with Gasteiger partial charge in [0.25, 0.3) is 0 Å². The van der Waals surface area contributed by atoms with Gasteiger partial charge >= 0.3 is 0 Å². The van der Waals surface area contributed by atoms with Crippen LogP contribution in [0.4, 0.5) is 0 Å². The van der Waals surface area contributed by atoms with Gasteiger partial charge in [0.05, 0.1) is 7.11 Å². The highest BCUT2D eigenvalue weighted by molar-refractivity contribution is 5.47. The fourth-order valence-electron chi connectivity index (χ4n) is 1.42. The quantitative estimate of drug-likeness (QED) is 0.765. The molecule has 1 aromatic rings. The van der Waals surface area contributed by atoms with Crippen molar-refractivity contribution in [2.75, 3.05) is 20.3 Å². The number of rotatable bonds is 5. The zero-order valence-electron chi connectivity index (χ0n) is 9.75. The lowest BCUT2D eigenvalue weighted by Gasteiger charge is -2.12. The second-order valence-electron chi connectivity index (χ2n) is 3.20. The van der Waals surface area contributed by atoms with Crippen LogP contribution in [-0.4, -0.2) is 20.3 Å². The summed E-state index contributed by atoms with van der Waals surface area (Å²) in [4.78, 5) is 0. The average Bonchev–Trinajstić information content (AvgIpc) is 2.31. The summed E-state index contributed by atoms with van der Waals surface area (Å²) in [5.74, 6) is 7.12. The summed E-state index contributed by atoms with van der Waals surface area (Å²) in [6.45, 7) is 2.74. The highest BCUT2D eigenvalue weighted by atomic mass is 16.5. The SMILES string of the molecule is CC#CCOc1c(CCN)cccc1OC. The molecule has 0 amide bonds. The van der Waals surface area contributed by atoms with E-state index in [0.29, 0.717) is 13.2 Å². The number of benzene rings is 1. The Hall–Kier alpha value is -1.66. The average molecular weight is 219 g/mol. The normalized spacial score (nSPS) is 9.19. The number of ether oxygens (including phenoxy) is 2. The van der Waals surface area contributed by atoms with E-state index in [1.807, 2.05) is 18.2 Å². The lowest BCUT2D eigenvalue weighted by Crippen LogP contribution is -2.06. The monoisotopic (exact) mass is 219 g/mol. The van der Waals surface area contributed by atoms with E-state index in [1.165, 1.54) is 0 Å². The maximum atomic E-state index is 5.60. The van der Waals surface area contributed by atoms with Crippen molar-refractivity contribution in [3.05, 3.63) is 23.8 Å². The van der Waals surface area contributed by atoms with E-state index < -0.39 is 0 Å². The first-order chi connectivity index (χ1) is 7.83. The summed E-state index contributed by atoms with van der Waals surface area (Å²) in [7, 11) is 1.62. The first kappa shape index (κ1) is 12.4. The van der Waals surface area contributed by atoms with E-state index in [9.17, 15) is 0 Å². The Morgan fingerprint density at radius 1 is 1.38 bits per heavy atom. The number of nitrogens with two attached hydrogens (primary N) is 1. The smallest absolute Gasteiger partial charge is 0.165 e. The predicted molar refractivity (Wildman–Crippen MR) is 64.7 cm³/mol. The van der Waals surface area contributed by atoms with Crippen molar-refractivity contribution in [2.45, 2.75) is 13.3 Å². The summed E-state index contributed by atoms with van der Waals surface area (Å²) in [5.41, 5.74) is 6.61. The maximum Gasteiger partial charge on any atom is 0.165 e. The molecule has 0 atom stereocenters.